The van der Waals surface area contributed by atoms with Crippen molar-refractivity contribution in [3.63, 3.8) is 0 Å². The number of aryl methyl sites for hydroxylation is 1. The molecule has 0 radical (unpaired) electrons. The van der Waals surface area contributed by atoms with Crippen LogP contribution in [0.5, 0.6) is 5.75 Å². The zero-order chi connectivity index (χ0) is 10.1. The second-order valence-corrected chi connectivity index (χ2v) is 3.98. The lowest BCUT2D eigenvalue weighted by molar-refractivity contribution is 0.308. The number of nitrogens with one attached hydrogen (secondary N) is 1. The molecule has 2 nitrogen and oxygen atoms in total. The Kier molecular flexibility index (Phi) is 2.46. The highest BCUT2D eigenvalue weighted by molar-refractivity contribution is 5.45. The zero-order valence-electron chi connectivity index (χ0n) is 9.00. The first-order valence-corrected chi connectivity index (χ1v) is 5.13. The quantitative estimate of drug-likeness (QED) is 0.772. The van der Waals surface area contributed by atoms with Crippen LogP contribution in [0.25, 0.3) is 0 Å². The smallest absolute Gasteiger partial charge is 0.123 e. The molecule has 1 aromatic carbocycles. The van der Waals surface area contributed by atoms with Gasteiger partial charge in [0.15, 0.2) is 0 Å². The average Bonchev–Trinajstić information content (AvgIpc) is 2.62. The Labute approximate surface area is 85.3 Å². The number of likely N-dealkylation sites (N-methyl/N-ethyl adjacent to an activating group) is 1. The third-order valence-corrected chi connectivity index (χ3v) is 3.13. The highest BCUT2D eigenvalue weighted by atomic mass is 16.5. The van der Waals surface area contributed by atoms with Gasteiger partial charge in [0.05, 0.1) is 6.61 Å². The van der Waals surface area contributed by atoms with Crippen LogP contribution in [0.1, 0.15) is 24.0 Å². The highest BCUT2D eigenvalue weighted by Gasteiger charge is 2.29. The molecule has 1 N–H and O–H groups in total. The molecule has 2 atom stereocenters. The molecule has 2 heteroatoms. The summed E-state index contributed by atoms with van der Waals surface area (Å²) in [4.78, 5) is 0. The summed E-state index contributed by atoms with van der Waals surface area (Å²) in [5, 5.41) is 3.29. The summed E-state index contributed by atoms with van der Waals surface area (Å²) in [6.07, 6.45) is 0. The average molecular weight is 191 g/mol. The van der Waals surface area contributed by atoms with Crippen LogP contribution >= 0.6 is 0 Å². The van der Waals surface area contributed by atoms with Crippen LogP contribution in [0.3, 0.4) is 0 Å². The minimum atomic E-state index is 0.470. The normalized spacial score (nSPS) is 21.5. The van der Waals surface area contributed by atoms with Crippen molar-refractivity contribution in [2.45, 2.75) is 25.8 Å². The fourth-order valence-corrected chi connectivity index (χ4v) is 2.11. The van der Waals surface area contributed by atoms with Gasteiger partial charge in [0.2, 0.25) is 0 Å². The van der Waals surface area contributed by atoms with E-state index in [1.807, 2.05) is 7.05 Å². The van der Waals surface area contributed by atoms with Gasteiger partial charge < -0.3 is 10.1 Å². The van der Waals surface area contributed by atoms with Crippen molar-refractivity contribution in [2.75, 3.05) is 13.7 Å². The topological polar surface area (TPSA) is 21.3 Å². The number of hydrogen-bond acceptors (Lipinski definition) is 2. The van der Waals surface area contributed by atoms with Crippen LogP contribution in [0.4, 0.5) is 0 Å². The van der Waals surface area contributed by atoms with Gasteiger partial charge in [-0.3, -0.25) is 0 Å². The summed E-state index contributed by atoms with van der Waals surface area (Å²) in [5.41, 5.74) is 2.72. The van der Waals surface area contributed by atoms with Crippen LogP contribution in [0, 0.1) is 6.92 Å². The minimum absolute atomic E-state index is 0.470. The van der Waals surface area contributed by atoms with Crippen LogP contribution in [-0.4, -0.2) is 19.7 Å². The highest BCUT2D eigenvalue weighted by Crippen LogP contribution is 2.37. The van der Waals surface area contributed by atoms with Gasteiger partial charge in [-0.05, 0) is 32.5 Å². The number of rotatable bonds is 2. The van der Waals surface area contributed by atoms with Crippen molar-refractivity contribution in [1.82, 2.24) is 5.32 Å². The molecule has 0 aromatic heterocycles. The van der Waals surface area contributed by atoms with Crippen LogP contribution in [-0.2, 0) is 0 Å². The molecule has 0 saturated carbocycles. The molecule has 0 bridgehead atoms. The number of hydrogen-bond donors (Lipinski definition) is 1. The van der Waals surface area contributed by atoms with Crippen LogP contribution < -0.4 is 10.1 Å². The first-order chi connectivity index (χ1) is 6.74. The van der Waals surface area contributed by atoms with Crippen molar-refractivity contribution >= 4 is 0 Å². The molecule has 0 spiro atoms. The van der Waals surface area contributed by atoms with Gasteiger partial charge >= 0.3 is 0 Å². The maximum Gasteiger partial charge on any atom is 0.123 e. The molecule has 1 aliphatic heterocycles. The van der Waals surface area contributed by atoms with Crippen molar-refractivity contribution in [1.29, 1.82) is 0 Å². The summed E-state index contributed by atoms with van der Waals surface area (Å²) in [6, 6.07) is 6.74. The van der Waals surface area contributed by atoms with Gasteiger partial charge in [-0.15, -0.1) is 0 Å². The van der Waals surface area contributed by atoms with Crippen LogP contribution in [0.15, 0.2) is 18.2 Å². The van der Waals surface area contributed by atoms with E-state index in [2.05, 4.69) is 37.4 Å². The molecule has 1 aliphatic rings. The summed E-state index contributed by atoms with van der Waals surface area (Å²) in [6.45, 7) is 5.17. The van der Waals surface area contributed by atoms with Crippen LogP contribution in [0.2, 0.25) is 0 Å². The third-order valence-electron chi connectivity index (χ3n) is 3.13. The van der Waals surface area contributed by atoms with E-state index in [9.17, 15) is 0 Å². The molecule has 0 amide bonds. The lowest BCUT2D eigenvalue weighted by Crippen LogP contribution is -2.30. The van der Waals surface area contributed by atoms with E-state index >= 15 is 0 Å². The van der Waals surface area contributed by atoms with Crippen molar-refractivity contribution in [3.05, 3.63) is 29.3 Å². The Morgan fingerprint density at radius 3 is 3.00 bits per heavy atom. The molecule has 1 aromatic rings. The molecular weight excluding hydrogens is 174 g/mol. The van der Waals surface area contributed by atoms with E-state index in [0.29, 0.717) is 12.0 Å². The number of fused-ring (bicyclic) bond motifs is 1. The Hall–Kier alpha value is -1.02. The SMILES string of the molecule is CNC(C)C1COc2cccc(C)c21. The lowest BCUT2D eigenvalue weighted by atomic mass is 9.91. The van der Waals surface area contributed by atoms with Gasteiger partial charge in [0, 0.05) is 17.5 Å². The fraction of sp³-hybridized carbons (Fsp3) is 0.500. The Bertz CT molecular complexity index is 335. The molecule has 2 rings (SSSR count). The third kappa shape index (κ3) is 1.40. The molecule has 1 heterocycles. The predicted molar refractivity (Wildman–Crippen MR) is 57.9 cm³/mol. The summed E-state index contributed by atoms with van der Waals surface area (Å²) >= 11 is 0. The van der Waals surface area contributed by atoms with Gasteiger partial charge in [-0.1, -0.05) is 12.1 Å². The van der Waals surface area contributed by atoms with E-state index in [4.69, 9.17) is 4.74 Å². The molecule has 0 saturated heterocycles. The molecule has 2 unspecified atom stereocenters. The Morgan fingerprint density at radius 1 is 1.50 bits per heavy atom. The van der Waals surface area contributed by atoms with E-state index in [-0.39, 0.29) is 0 Å². The first kappa shape index (κ1) is 9.53. The zero-order valence-corrected chi connectivity index (χ0v) is 9.00. The lowest BCUT2D eigenvalue weighted by Gasteiger charge is -2.18. The molecule has 0 aliphatic carbocycles. The van der Waals surface area contributed by atoms with E-state index in [1.165, 1.54) is 11.1 Å². The summed E-state index contributed by atoms with van der Waals surface area (Å²) in [7, 11) is 2.00. The summed E-state index contributed by atoms with van der Waals surface area (Å²) < 4.78 is 5.67. The standard InChI is InChI=1S/C12H17NO/c1-8-5-4-6-11-12(8)10(7-14-11)9(2)13-3/h4-6,9-10,13H,7H2,1-3H3. The minimum Gasteiger partial charge on any atom is -0.493 e. The van der Waals surface area contributed by atoms with Crippen molar-refractivity contribution < 1.29 is 4.74 Å². The Balaban J connectivity index is 2.38. The molecule has 76 valence electrons. The van der Waals surface area contributed by atoms with Crippen molar-refractivity contribution in [2.24, 2.45) is 0 Å². The van der Waals surface area contributed by atoms with Gasteiger partial charge in [0.25, 0.3) is 0 Å². The van der Waals surface area contributed by atoms with Gasteiger partial charge in [-0.25, -0.2) is 0 Å². The maximum absolute atomic E-state index is 5.67. The Morgan fingerprint density at radius 2 is 2.29 bits per heavy atom. The van der Waals surface area contributed by atoms with Gasteiger partial charge in [0.1, 0.15) is 5.75 Å². The number of benzene rings is 1. The summed E-state index contributed by atoms with van der Waals surface area (Å²) in [5.74, 6) is 1.56. The van der Waals surface area contributed by atoms with E-state index < -0.39 is 0 Å². The maximum atomic E-state index is 5.67. The largest absolute Gasteiger partial charge is 0.493 e. The monoisotopic (exact) mass is 191 g/mol. The molecule has 14 heavy (non-hydrogen) atoms. The van der Waals surface area contributed by atoms with E-state index in [0.717, 1.165) is 12.4 Å². The van der Waals surface area contributed by atoms with Crippen molar-refractivity contribution in [3.8, 4) is 5.75 Å². The predicted octanol–water partition coefficient (Wildman–Crippen LogP) is 2.08. The second-order valence-electron chi connectivity index (χ2n) is 3.98. The molecule has 0 fully saturated rings. The van der Waals surface area contributed by atoms with Gasteiger partial charge in [-0.2, -0.15) is 0 Å². The molecular formula is C12H17NO. The second kappa shape index (κ2) is 3.62. The first-order valence-electron chi connectivity index (χ1n) is 5.13. The number of ether oxygens (including phenoxy) is 1. The van der Waals surface area contributed by atoms with E-state index in [1.54, 1.807) is 0 Å². The fourth-order valence-electron chi connectivity index (χ4n) is 2.11.